The van der Waals surface area contributed by atoms with Crippen molar-refractivity contribution in [2.45, 2.75) is 0 Å². The Morgan fingerprint density at radius 2 is 2.14 bits per heavy atom. The normalized spacial score (nSPS) is 11.2. The van der Waals surface area contributed by atoms with Gasteiger partial charge in [-0.05, 0) is 23.8 Å². The molecule has 22 heavy (non-hydrogen) atoms. The van der Waals surface area contributed by atoms with Crippen LogP contribution in [0.5, 0.6) is 0 Å². The number of methoxy groups -OCH3 is 1. The van der Waals surface area contributed by atoms with Crippen LogP contribution in [0.3, 0.4) is 0 Å². The summed E-state index contributed by atoms with van der Waals surface area (Å²) in [6.07, 6.45) is 5.03. The second kappa shape index (κ2) is 8.26. The smallest absolute Gasteiger partial charge is 0.246 e. The molecule has 1 N–H and O–H groups in total. The summed E-state index contributed by atoms with van der Waals surface area (Å²) in [4.78, 5) is 18.1. The van der Waals surface area contributed by atoms with Gasteiger partial charge in [-0.3, -0.25) is 9.78 Å². The molecule has 5 heteroatoms. The van der Waals surface area contributed by atoms with Gasteiger partial charge in [0.05, 0.1) is 18.7 Å². The van der Waals surface area contributed by atoms with E-state index < -0.39 is 0 Å². The first-order chi connectivity index (χ1) is 10.8. The van der Waals surface area contributed by atoms with E-state index >= 15 is 0 Å². The van der Waals surface area contributed by atoms with Crippen molar-refractivity contribution in [3.63, 3.8) is 0 Å². The van der Waals surface area contributed by atoms with Gasteiger partial charge in [-0.25, -0.2) is 0 Å². The van der Waals surface area contributed by atoms with Crippen molar-refractivity contribution in [3.05, 3.63) is 48.2 Å². The molecule has 0 spiro atoms. The first-order valence-corrected chi connectivity index (χ1v) is 7.17. The molecule has 0 saturated heterocycles. The number of nitrogens with zero attached hydrogens (tertiary/aromatic N) is 2. The largest absolute Gasteiger partial charge is 0.395 e. The third-order valence-corrected chi connectivity index (χ3v) is 3.34. The van der Waals surface area contributed by atoms with Crippen molar-refractivity contribution in [1.29, 1.82) is 0 Å². The van der Waals surface area contributed by atoms with E-state index in [4.69, 9.17) is 9.84 Å². The molecule has 0 saturated carbocycles. The van der Waals surface area contributed by atoms with E-state index in [-0.39, 0.29) is 12.5 Å². The molecule has 0 aliphatic heterocycles. The summed E-state index contributed by atoms with van der Waals surface area (Å²) < 4.78 is 4.98. The van der Waals surface area contributed by atoms with Gasteiger partial charge in [-0.1, -0.05) is 18.2 Å². The summed E-state index contributed by atoms with van der Waals surface area (Å²) in [6, 6.07) is 9.66. The minimum Gasteiger partial charge on any atom is -0.395 e. The molecule has 5 nitrogen and oxygen atoms in total. The number of carbonyl (C=O) groups is 1. The number of para-hydroxylation sites is 1. The van der Waals surface area contributed by atoms with Gasteiger partial charge in [-0.15, -0.1) is 0 Å². The van der Waals surface area contributed by atoms with Gasteiger partial charge in [0.15, 0.2) is 0 Å². The Bertz CT molecular complexity index is 650. The molecular weight excluding hydrogens is 280 g/mol. The lowest BCUT2D eigenvalue weighted by molar-refractivity contribution is -0.127. The van der Waals surface area contributed by atoms with Gasteiger partial charge in [-0.2, -0.15) is 0 Å². The fraction of sp³-hybridized carbons (Fsp3) is 0.294. The summed E-state index contributed by atoms with van der Waals surface area (Å²) >= 11 is 0. The van der Waals surface area contributed by atoms with Crippen LogP contribution in [0.1, 0.15) is 5.56 Å². The van der Waals surface area contributed by atoms with Crippen LogP contribution in [0, 0.1) is 0 Å². The van der Waals surface area contributed by atoms with E-state index in [0.29, 0.717) is 19.7 Å². The summed E-state index contributed by atoms with van der Waals surface area (Å²) in [5, 5.41) is 10.0. The Morgan fingerprint density at radius 1 is 1.32 bits per heavy atom. The number of aliphatic hydroxyl groups is 1. The highest BCUT2D eigenvalue weighted by Gasteiger charge is 2.09. The Balaban J connectivity index is 2.16. The second-order valence-electron chi connectivity index (χ2n) is 4.79. The molecule has 1 aromatic carbocycles. The number of fused-ring (bicyclic) bond motifs is 1. The van der Waals surface area contributed by atoms with E-state index in [2.05, 4.69) is 4.98 Å². The molecule has 2 aromatic rings. The van der Waals surface area contributed by atoms with Crippen LogP contribution in [0.2, 0.25) is 0 Å². The third kappa shape index (κ3) is 4.13. The Morgan fingerprint density at radius 3 is 2.91 bits per heavy atom. The topological polar surface area (TPSA) is 62.7 Å². The summed E-state index contributed by atoms with van der Waals surface area (Å²) in [7, 11) is 1.58. The average Bonchev–Trinajstić information content (AvgIpc) is 2.56. The van der Waals surface area contributed by atoms with Crippen LogP contribution < -0.4 is 0 Å². The number of ether oxygens (including phenoxy) is 1. The van der Waals surface area contributed by atoms with Gasteiger partial charge in [0.1, 0.15) is 0 Å². The van der Waals surface area contributed by atoms with Crippen LogP contribution >= 0.6 is 0 Å². The molecule has 1 amide bonds. The van der Waals surface area contributed by atoms with Crippen molar-refractivity contribution < 1.29 is 14.6 Å². The highest BCUT2D eigenvalue weighted by molar-refractivity contribution is 5.95. The lowest BCUT2D eigenvalue weighted by atomic mass is 10.1. The van der Waals surface area contributed by atoms with Gasteiger partial charge in [0.25, 0.3) is 0 Å². The first kappa shape index (κ1) is 16.1. The van der Waals surface area contributed by atoms with E-state index in [1.165, 1.54) is 6.08 Å². The first-order valence-electron chi connectivity index (χ1n) is 7.17. The lowest BCUT2D eigenvalue weighted by Crippen LogP contribution is -2.34. The van der Waals surface area contributed by atoms with Crippen molar-refractivity contribution >= 4 is 22.9 Å². The fourth-order valence-corrected chi connectivity index (χ4v) is 2.18. The number of pyridine rings is 1. The number of hydrogen-bond acceptors (Lipinski definition) is 4. The van der Waals surface area contributed by atoms with Gasteiger partial charge in [0.2, 0.25) is 5.91 Å². The minimum atomic E-state index is -0.146. The van der Waals surface area contributed by atoms with Gasteiger partial charge >= 0.3 is 0 Å². The SMILES string of the molecule is COCCN(CCO)C(=O)/C=C/c1ccnc2ccccc12. The summed E-state index contributed by atoms with van der Waals surface area (Å²) in [6.45, 7) is 1.13. The zero-order valence-electron chi connectivity index (χ0n) is 12.6. The van der Waals surface area contributed by atoms with E-state index in [1.54, 1.807) is 24.3 Å². The number of amides is 1. The molecule has 1 heterocycles. The number of rotatable bonds is 7. The van der Waals surface area contributed by atoms with Crippen LogP contribution in [-0.4, -0.2) is 54.3 Å². The quantitative estimate of drug-likeness (QED) is 0.791. The van der Waals surface area contributed by atoms with E-state index in [1.807, 2.05) is 30.3 Å². The molecule has 0 radical (unpaired) electrons. The Kier molecular flexibility index (Phi) is 6.06. The van der Waals surface area contributed by atoms with Crippen molar-refractivity contribution in [2.24, 2.45) is 0 Å². The van der Waals surface area contributed by atoms with Crippen LogP contribution in [0.25, 0.3) is 17.0 Å². The van der Waals surface area contributed by atoms with Gasteiger partial charge < -0.3 is 14.7 Å². The summed E-state index contributed by atoms with van der Waals surface area (Å²) in [5.74, 6) is -0.146. The second-order valence-corrected chi connectivity index (χ2v) is 4.79. The average molecular weight is 300 g/mol. The van der Waals surface area contributed by atoms with E-state index in [0.717, 1.165) is 16.5 Å². The van der Waals surface area contributed by atoms with Crippen LogP contribution in [0.4, 0.5) is 0 Å². The molecule has 2 rings (SSSR count). The highest BCUT2D eigenvalue weighted by atomic mass is 16.5. The molecule has 116 valence electrons. The molecule has 0 bridgehead atoms. The Hall–Kier alpha value is -2.24. The zero-order valence-corrected chi connectivity index (χ0v) is 12.6. The lowest BCUT2D eigenvalue weighted by Gasteiger charge is -2.19. The molecule has 0 aliphatic carbocycles. The number of benzene rings is 1. The monoisotopic (exact) mass is 300 g/mol. The number of aromatic nitrogens is 1. The number of hydrogen-bond donors (Lipinski definition) is 1. The third-order valence-electron chi connectivity index (χ3n) is 3.34. The van der Waals surface area contributed by atoms with Crippen molar-refractivity contribution in [2.75, 3.05) is 33.4 Å². The molecular formula is C17H20N2O3. The Labute approximate surface area is 129 Å². The standard InChI is InChI=1S/C17H20N2O3/c1-22-13-11-19(10-12-20)17(21)7-6-14-8-9-18-16-5-3-2-4-15(14)16/h2-9,20H,10-13H2,1H3/b7-6+. The zero-order chi connectivity index (χ0) is 15.8. The molecule has 0 aliphatic rings. The molecule has 0 fully saturated rings. The maximum Gasteiger partial charge on any atom is 0.246 e. The van der Waals surface area contributed by atoms with Gasteiger partial charge in [0, 0.05) is 37.9 Å². The summed E-state index contributed by atoms with van der Waals surface area (Å²) in [5.41, 5.74) is 1.83. The van der Waals surface area contributed by atoms with Crippen LogP contribution in [0.15, 0.2) is 42.6 Å². The van der Waals surface area contributed by atoms with Crippen molar-refractivity contribution in [3.8, 4) is 0 Å². The highest BCUT2D eigenvalue weighted by Crippen LogP contribution is 2.17. The predicted molar refractivity (Wildman–Crippen MR) is 86.3 cm³/mol. The fourth-order valence-electron chi connectivity index (χ4n) is 2.18. The number of aliphatic hydroxyl groups excluding tert-OH is 1. The maximum atomic E-state index is 12.2. The van der Waals surface area contributed by atoms with Crippen LogP contribution in [-0.2, 0) is 9.53 Å². The van der Waals surface area contributed by atoms with Crippen molar-refractivity contribution in [1.82, 2.24) is 9.88 Å². The molecule has 0 atom stereocenters. The molecule has 0 unspecified atom stereocenters. The molecule has 1 aromatic heterocycles. The number of carbonyl (C=O) groups excluding carboxylic acids is 1. The predicted octanol–water partition coefficient (Wildman–Crippen LogP) is 1.72. The maximum absolute atomic E-state index is 12.2. The van der Waals surface area contributed by atoms with E-state index in [9.17, 15) is 4.79 Å². The minimum absolute atomic E-state index is 0.0680.